The summed E-state index contributed by atoms with van der Waals surface area (Å²) in [6.07, 6.45) is 8.03. The SMILES string of the molecule is CCOC(=O)C(C)OC(=O)c1ccc(NCCCCCCCCCCCCCCCC(F)(F)F)cc1. The molecule has 1 N–H and O–H groups in total. The minimum Gasteiger partial charge on any atom is -0.463 e. The minimum atomic E-state index is -4.00. The predicted molar refractivity (Wildman–Crippen MR) is 137 cm³/mol. The van der Waals surface area contributed by atoms with Crippen molar-refractivity contribution in [3.63, 3.8) is 0 Å². The normalized spacial score (nSPS) is 12.2. The number of anilines is 1. The molecule has 1 aromatic rings. The number of halogens is 3. The molecule has 36 heavy (non-hydrogen) atoms. The molecule has 1 rings (SSSR count). The zero-order chi connectivity index (χ0) is 26.7. The summed E-state index contributed by atoms with van der Waals surface area (Å²) in [6.45, 7) is 4.30. The first-order valence-corrected chi connectivity index (χ1v) is 13.5. The maximum absolute atomic E-state index is 12.1. The van der Waals surface area contributed by atoms with Gasteiger partial charge in [0.05, 0.1) is 12.2 Å². The second kappa shape index (κ2) is 18.9. The van der Waals surface area contributed by atoms with Crippen LogP contribution in [0.15, 0.2) is 24.3 Å². The van der Waals surface area contributed by atoms with E-state index in [1.54, 1.807) is 19.1 Å². The molecule has 1 unspecified atom stereocenters. The van der Waals surface area contributed by atoms with E-state index in [1.807, 2.05) is 12.1 Å². The summed E-state index contributed by atoms with van der Waals surface area (Å²) in [5.74, 6) is -1.11. The van der Waals surface area contributed by atoms with Gasteiger partial charge in [-0.25, -0.2) is 9.59 Å². The highest BCUT2D eigenvalue weighted by molar-refractivity contribution is 5.91. The third-order valence-electron chi connectivity index (χ3n) is 5.99. The monoisotopic (exact) mass is 515 g/mol. The van der Waals surface area contributed by atoms with E-state index in [1.165, 1.54) is 51.9 Å². The van der Waals surface area contributed by atoms with Crippen LogP contribution >= 0.6 is 0 Å². The van der Waals surface area contributed by atoms with E-state index in [9.17, 15) is 22.8 Å². The number of ether oxygens (including phenoxy) is 2. The number of alkyl halides is 3. The number of carbonyl (C=O) groups excluding carboxylic acids is 2. The highest BCUT2D eigenvalue weighted by Crippen LogP contribution is 2.23. The third-order valence-corrected chi connectivity index (χ3v) is 5.99. The van der Waals surface area contributed by atoms with Gasteiger partial charge in [-0.05, 0) is 51.0 Å². The van der Waals surface area contributed by atoms with Crippen molar-refractivity contribution >= 4 is 17.6 Å². The number of unbranched alkanes of at least 4 members (excludes halogenated alkanes) is 12. The molecule has 0 fully saturated rings. The molecule has 0 amide bonds. The molecule has 0 heterocycles. The van der Waals surface area contributed by atoms with Gasteiger partial charge < -0.3 is 14.8 Å². The van der Waals surface area contributed by atoms with E-state index in [2.05, 4.69) is 5.32 Å². The molecule has 0 radical (unpaired) electrons. The first-order chi connectivity index (χ1) is 17.2. The Kier molecular flexibility index (Phi) is 16.7. The summed E-state index contributed by atoms with van der Waals surface area (Å²) in [4.78, 5) is 23.7. The van der Waals surface area contributed by atoms with E-state index in [0.717, 1.165) is 37.9 Å². The van der Waals surface area contributed by atoms with E-state index < -0.39 is 30.6 Å². The Bertz CT molecular complexity index is 723. The van der Waals surface area contributed by atoms with E-state index in [0.29, 0.717) is 12.0 Å². The number of benzene rings is 1. The number of nitrogens with one attached hydrogen (secondary N) is 1. The number of carbonyl (C=O) groups is 2. The molecule has 0 aliphatic rings. The second-order valence-electron chi connectivity index (χ2n) is 9.27. The largest absolute Gasteiger partial charge is 0.463 e. The van der Waals surface area contributed by atoms with Gasteiger partial charge in [-0.2, -0.15) is 13.2 Å². The summed E-state index contributed by atoms with van der Waals surface area (Å²) in [5, 5.41) is 3.36. The third kappa shape index (κ3) is 16.4. The molecule has 8 heteroatoms. The zero-order valence-corrected chi connectivity index (χ0v) is 22.0. The van der Waals surface area contributed by atoms with Crippen molar-refractivity contribution in [3.8, 4) is 0 Å². The van der Waals surface area contributed by atoms with Gasteiger partial charge in [0.1, 0.15) is 0 Å². The first kappa shape index (κ1) is 31.8. The van der Waals surface area contributed by atoms with Crippen LogP contribution < -0.4 is 5.32 Å². The molecule has 5 nitrogen and oxygen atoms in total. The van der Waals surface area contributed by atoms with Gasteiger partial charge in [0.25, 0.3) is 0 Å². The highest BCUT2D eigenvalue weighted by Gasteiger charge is 2.25. The first-order valence-electron chi connectivity index (χ1n) is 13.5. The maximum Gasteiger partial charge on any atom is 0.389 e. The molecule has 0 bridgehead atoms. The molecule has 0 aliphatic heterocycles. The molecular formula is C28H44F3NO4. The fourth-order valence-electron chi connectivity index (χ4n) is 3.89. The van der Waals surface area contributed by atoms with E-state index in [4.69, 9.17) is 9.47 Å². The van der Waals surface area contributed by atoms with E-state index in [-0.39, 0.29) is 13.0 Å². The van der Waals surface area contributed by atoms with E-state index >= 15 is 0 Å². The van der Waals surface area contributed by atoms with Crippen LogP contribution in [-0.4, -0.2) is 37.4 Å². The minimum absolute atomic E-state index is 0.240. The maximum atomic E-state index is 12.1. The Labute approximate surface area is 214 Å². The standard InChI is InChI=1S/C28H44F3NO4/c1-3-35-26(33)23(2)36-27(34)24-17-19-25(20-18-24)32-22-16-14-12-10-8-6-4-5-7-9-11-13-15-21-28(29,30)31/h17-20,23,32H,3-16,21-22H2,1-2H3. The summed E-state index contributed by atoms with van der Waals surface area (Å²) in [7, 11) is 0. The van der Waals surface area contributed by atoms with Crippen molar-refractivity contribution in [2.24, 2.45) is 0 Å². The molecule has 1 atom stereocenters. The number of hydrogen-bond donors (Lipinski definition) is 1. The van der Waals surface area contributed by atoms with Crippen LogP contribution in [0, 0.1) is 0 Å². The molecule has 1 aromatic carbocycles. The van der Waals surface area contributed by atoms with Gasteiger partial charge in [0, 0.05) is 18.7 Å². The van der Waals surface area contributed by atoms with Gasteiger partial charge in [-0.15, -0.1) is 0 Å². The Hall–Kier alpha value is -2.25. The average molecular weight is 516 g/mol. The van der Waals surface area contributed by atoms with Gasteiger partial charge in [0.15, 0.2) is 6.10 Å². The summed E-state index contributed by atoms with van der Waals surface area (Å²) >= 11 is 0. The van der Waals surface area contributed by atoms with Crippen molar-refractivity contribution in [1.82, 2.24) is 0 Å². The smallest absolute Gasteiger partial charge is 0.389 e. The average Bonchev–Trinajstić information content (AvgIpc) is 2.83. The molecule has 0 spiro atoms. The lowest BCUT2D eigenvalue weighted by molar-refractivity contribution is -0.152. The van der Waals surface area contributed by atoms with Gasteiger partial charge >= 0.3 is 18.1 Å². The van der Waals surface area contributed by atoms with Crippen LogP contribution in [0.5, 0.6) is 0 Å². The molecule has 0 saturated heterocycles. The molecule has 0 aliphatic carbocycles. The van der Waals surface area contributed by atoms with Crippen molar-refractivity contribution in [1.29, 1.82) is 0 Å². The number of hydrogen-bond acceptors (Lipinski definition) is 5. The molecule has 0 aromatic heterocycles. The van der Waals surface area contributed by atoms with Crippen LogP contribution in [0.1, 0.15) is 114 Å². The van der Waals surface area contributed by atoms with Gasteiger partial charge in [0.2, 0.25) is 0 Å². The highest BCUT2D eigenvalue weighted by atomic mass is 19.4. The summed E-state index contributed by atoms with van der Waals surface area (Å²) in [5.41, 5.74) is 1.32. The van der Waals surface area contributed by atoms with Crippen LogP contribution in [0.2, 0.25) is 0 Å². The van der Waals surface area contributed by atoms with Crippen LogP contribution in [0.25, 0.3) is 0 Å². The molecule has 0 saturated carbocycles. The van der Waals surface area contributed by atoms with Gasteiger partial charge in [-0.3, -0.25) is 0 Å². The number of rotatable bonds is 20. The van der Waals surface area contributed by atoms with Crippen molar-refractivity contribution < 1.29 is 32.2 Å². The Balaban J connectivity index is 1.97. The van der Waals surface area contributed by atoms with Gasteiger partial charge in [-0.1, -0.05) is 70.6 Å². The Morgan fingerprint density at radius 3 is 1.75 bits per heavy atom. The summed E-state index contributed by atoms with van der Waals surface area (Å²) in [6, 6.07) is 7.01. The Morgan fingerprint density at radius 1 is 0.806 bits per heavy atom. The topological polar surface area (TPSA) is 64.6 Å². The van der Waals surface area contributed by atoms with Crippen LogP contribution in [0.4, 0.5) is 18.9 Å². The number of esters is 2. The quantitative estimate of drug-likeness (QED) is 0.140. The van der Waals surface area contributed by atoms with Crippen molar-refractivity contribution in [2.75, 3.05) is 18.5 Å². The Morgan fingerprint density at radius 2 is 1.28 bits per heavy atom. The lowest BCUT2D eigenvalue weighted by Gasteiger charge is -2.12. The zero-order valence-electron chi connectivity index (χ0n) is 22.0. The lowest BCUT2D eigenvalue weighted by Crippen LogP contribution is -2.26. The van der Waals surface area contributed by atoms with Crippen LogP contribution in [-0.2, 0) is 14.3 Å². The second-order valence-corrected chi connectivity index (χ2v) is 9.27. The molecular weight excluding hydrogens is 471 g/mol. The summed E-state index contributed by atoms with van der Waals surface area (Å²) < 4.78 is 46.1. The molecule has 206 valence electrons. The predicted octanol–water partition coefficient (Wildman–Crippen LogP) is 8.23. The van der Waals surface area contributed by atoms with Crippen LogP contribution in [0.3, 0.4) is 0 Å². The van der Waals surface area contributed by atoms with Crippen molar-refractivity contribution in [2.45, 2.75) is 116 Å². The fraction of sp³-hybridized carbons (Fsp3) is 0.714. The fourth-order valence-corrected chi connectivity index (χ4v) is 3.89. The van der Waals surface area contributed by atoms with Crippen molar-refractivity contribution in [3.05, 3.63) is 29.8 Å². The lowest BCUT2D eigenvalue weighted by atomic mass is 10.0.